The number of carbonyl (C=O) groups excluding carboxylic acids is 2. The molecular weight excluding hydrogens is 262 g/mol. The molecule has 0 aliphatic carbocycles. The standard InChI is InChI=1S/C14H17NO5/c1-15(8-7-13(17)20-2)12(16)9-10-5-3-4-6-11(10)14(18)19/h3-6H,7-9H2,1-2H3,(H,18,19). The lowest BCUT2D eigenvalue weighted by Gasteiger charge is -2.17. The molecule has 20 heavy (non-hydrogen) atoms. The van der Waals surface area contributed by atoms with E-state index in [1.54, 1.807) is 25.2 Å². The number of nitrogens with zero attached hydrogens (tertiary/aromatic N) is 1. The number of hydrogen-bond donors (Lipinski definition) is 1. The number of aromatic carboxylic acids is 1. The Kier molecular flexibility index (Phi) is 5.71. The third kappa shape index (κ3) is 4.38. The maximum absolute atomic E-state index is 12.0. The Morgan fingerprint density at radius 1 is 1.25 bits per heavy atom. The van der Waals surface area contributed by atoms with Crippen LogP contribution >= 0.6 is 0 Å². The van der Waals surface area contributed by atoms with Gasteiger partial charge in [0.2, 0.25) is 5.91 Å². The van der Waals surface area contributed by atoms with Gasteiger partial charge in [-0.3, -0.25) is 9.59 Å². The molecule has 1 aromatic carbocycles. The van der Waals surface area contributed by atoms with Crippen molar-refractivity contribution in [3.05, 3.63) is 35.4 Å². The van der Waals surface area contributed by atoms with E-state index in [2.05, 4.69) is 4.74 Å². The Morgan fingerprint density at radius 3 is 2.50 bits per heavy atom. The van der Waals surface area contributed by atoms with E-state index in [4.69, 9.17) is 5.11 Å². The molecule has 0 aromatic heterocycles. The molecule has 0 bridgehead atoms. The fourth-order valence-corrected chi connectivity index (χ4v) is 1.67. The molecular formula is C14H17NO5. The fourth-order valence-electron chi connectivity index (χ4n) is 1.67. The van der Waals surface area contributed by atoms with Crippen LogP contribution in [0, 0.1) is 0 Å². The minimum Gasteiger partial charge on any atom is -0.478 e. The Morgan fingerprint density at radius 2 is 1.90 bits per heavy atom. The predicted molar refractivity (Wildman–Crippen MR) is 71.4 cm³/mol. The summed E-state index contributed by atoms with van der Waals surface area (Å²) in [6, 6.07) is 6.36. The fraction of sp³-hybridized carbons (Fsp3) is 0.357. The highest BCUT2D eigenvalue weighted by Crippen LogP contribution is 2.10. The molecule has 0 saturated heterocycles. The Labute approximate surface area is 117 Å². The van der Waals surface area contributed by atoms with Gasteiger partial charge in [0.25, 0.3) is 0 Å². The van der Waals surface area contributed by atoms with Crippen LogP contribution in [0.15, 0.2) is 24.3 Å². The lowest BCUT2D eigenvalue weighted by Crippen LogP contribution is -2.31. The monoisotopic (exact) mass is 279 g/mol. The number of rotatable bonds is 6. The van der Waals surface area contributed by atoms with Crippen LogP contribution < -0.4 is 0 Å². The molecule has 0 atom stereocenters. The zero-order chi connectivity index (χ0) is 15.1. The summed E-state index contributed by atoms with van der Waals surface area (Å²) in [5.74, 6) is -1.70. The van der Waals surface area contributed by atoms with Gasteiger partial charge in [0.15, 0.2) is 0 Å². The van der Waals surface area contributed by atoms with Gasteiger partial charge in [-0.1, -0.05) is 18.2 Å². The highest BCUT2D eigenvalue weighted by molar-refractivity contribution is 5.91. The lowest BCUT2D eigenvalue weighted by molar-refractivity contribution is -0.141. The zero-order valence-electron chi connectivity index (χ0n) is 11.5. The highest BCUT2D eigenvalue weighted by Gasteiger charge is 2.16. The second-order valence-electron chi connectivity index (χ2n) is 4.28. The molecule has 0 saturated carbocycles. The summed E-state index contributed by atoms with van der Waals surface area (Å²) >= 11 is 0. The summed E-state index contributed by atoms with van der Waals surface area (Å²) < 4.78 is 4.49. The van der Waals surface area contributed by atoms with E-state index >= 15 is 0 Å². The van der Waals surface area contributed by atoms with Gasteiger partial charge in [-0.15, -0.1) is 0 Å². The van der Waals surface area contributed by atoms with E-state index in [9.17, 15) is 14.4 Å². The number of ether oxygens (including phenoxy) is 1. The van der Waals surface area contributed by atoms with Crippen molar-refractivity contribution < 1.29 is 24.2 Å². The number of benzene rings is 1. The van der Waals surface area contributed by atoms with Crippen molar-refractivity contribution in [2.75, 3.05) is 20.7 Å². The average Bonchev–Trinajstić information content (AvgIpc) is 2.44. The first-order valence-corrected chi connectivity index (χ1v) is 6.07. The zero-order valence-corrected chi connectivity index (χ0v) is 11.5. The van der Waals surface area contributed by atoms with E-state index in [1.807, 2.05) is 0 Å². The molecule has 108 valence electrons. The van der Waals surface area contributed by atoms with Gasteiger partial charge >= 0.3 is 11.9 Å². The number of hydrogen-bond acceptors (Lipinski definition) is 4. The summed E-state index contributed by atoms with van der Waals surface area (Å²) in [6.07, 6.45) is 0.0967. The Hall–Kier alpha value is -2.37. The summed E-state index contributed by atoms with van der Waals surface area (Å²) in [6.45, 7) is 0.237. The van der Waals surface area contributed by atoms with Crippen LogP contribution in [0.3, 0.4) is 0 Å². The molecule has 6 nitrogen and oxygen atoms in total. The van der Waals surface area contributed by atoms with E-state index < -0.39 is 11.9 Å². The van der Waals surface area contributed by atoms with Crippen LogP contribution in [0.4, 0.5) is 0 Å². The van der Waals surface area contributed by atoms with Gasteiger partial charge in [0, 0.05) is 13.6 Å². The summed E-state index contributed by atoms with van der Waals surface area (Å²) in [4.78, 5) is 35.4. The van der Waals surface area contributed by atoms with Crippen LogP contribution in [0.2, 0.25) is 0 Å². The van der Waals surface area contributed by atoms with Gasteiger partial charge in [0.05, 0.1) is 25.5 Å². The predicted octanol–water partition coefficient (Wildman–Crippen LogP) is 0.949. The van der Waals surface area contributed by atoms with Gasteiger partial charge in [0.1, 0.15) is 0 Å². The maximum atomic E-state index is 12.0. The Bertz CT molecular complexity index is 512. The van der Waals surface area contributed by atoms with Gasteiger partial charge < -0.3 is 14.7 Å². The molecule has 0 aliphatic heterocycles. The SMILES string of the molecule is COC(=O)CCN(C)C(=O)Cc1ccccc1C(=O)O. The van der Waals surface area contributed by atoms with Crippen molar-refractivity contribution in [3.63, 3.8) is 0 Å². The number of carboxylic acids is 1. The van der Waals surface area contributed by atoms with Crippen molar-refractivity contribution in [2.45, 2.75) is 12.8 Å². The molecule has 0 spiro atoms. The molecule has 0 unspecified atom stereocenters. The minimum atomic E-state index is -1.06. The topological polar surface area (TPSA) is 83.9 Å². The Balaban J connectivity index is 2.66. The van der Waals surface area contributed by atoms with Gasteiger partial charge in [-0.2, -0.15) is 0 Å². The van der Waals surface area contributed by atoms with Crippen LogP contribution in [-0.4, -0.2) is 48.6 Å². The second kappa shape index (κ2) is 7.28. The molecule has 1 N–H and O–H groups in total. The number of likely N-dealkylation sites (N-methyl/N-ethyl adjacent to an activating group) is 1. The van der Waals surface area contributed by atoms with Crippen LogP contribution in [-0.2, 0) is 20.7 Å². The molecule has 0 fully saturated rings. The van der Waals surface area contributed by atoms with E-state index in [1.165, 1.54) is 18.1 Å². The normalized spacial score (nSPS) is 9.90. The third-order valence-corrected chi connectivity index (χ3v) is 2.89. The van der Waals surface area contributed by atoms with Crippen molar-refractivity contribution >= 4 is 17.8 Å². The number of amides is 1. The maximum Gasteiger partial charge on any atom is 0.335 e. The quantitative estimate of drug-likeness (QED) is 0.784. The molecule has 1 amide bonds. The molecule has 6 heteroatoms. The summed E-state index contributed by atoms with van der Waals surface area (Å²) in [5.41, 5.74) is 0.567. The highest BCUT2D eigenvalue weighted by atomic mass is 16.5. The van der Waals surface area contributed by atoms with Crippen molar-refractivity contribution in [1.82, 2.24) is 4.90 Å². The number of carbonyl (C=O) groups is 3. The molecule has 1 rings (SSSR count). The first-order valence-electron chi connectivity index (χ1n) is 6.07. The van der Waals surface area contributed by atoms with Crippen LogP contribution in [0.5, 0.6) is 0 Å². The van der Waals surface area contributed by atoms with E-state index in [0.29, 0.717) is 5.56 Å². The van der Waals surface area contributed by atoms with Crippen molar-refractivity contribution in [2.24, 2.45) is 0 Å². The van der Waals surface area contributed by atoms with E-state index in [0.717, 1.165) is 0 Å². The second-order valence-corrected chi connectivity index (χ2v) is 4.28. The number of esters is 1. The number of carboxylic acid groups (broad SMARTS) is 1. The van der Waals surface area contributed by atoms with Gasteiger partial charge in [-0.25, -0.2) is 4.79 Å². The largest absolute Gasteiger partial charge is 0.478 e. The summed E-state index contributed by atoms with van der Waals surface area (Å²) in [7, 11) is 2.85. The third-order valence-electron chi connectivity index (χ3n) is 2.89. The van der Waals surface area contributed by atoms with Crippen molar-refractivity contribution in [1.29, 1.82) is 0 Å². The van der Waals surface area contributed by atoms with Crippen LogP contribution in [0.1, 0.15) is 22.3 Å². The van der Waals surface area contributed by atoms with Crippen LogP contribution in [0.25, 0.3) is 0 Å². The first-order chi connectivity index (χ1) is 9.45. The number of methoxy groups -OCH3 is 1. The first kappa shape index (κ1) is 15.7. The van der Waals surface area contributed by atoms with Crippen molar-refractivity contribution in [3.8, 4) is 0 Å². The molecule has 0 radical (unpaired) electrons. The lowest BCUT2D eigenvalue weighted by atomic mass is 10.0. The molecule has 1 aromatic rings. The average molecular weight is 279 g/mol. The summed E-state index contributed by atoms with van der Waals surface area (Å²) in [5, 5.41) is 9.04. The molecule has 0 heterocycles. The smallest absolute Gasteiger partial charge is 0.335 e. The minimum absolute atomic E-state index is 0.0137. The van der Waals surface area contributed by atoms with E-state index in [-0.39, 0.29) is 30.9 Å². The van der Waals surface area contributed by atoms with Gasteiger partial charge in [-0.05, 0) is 11.6 Å². The molecule has 0 aliphatic rings.